The van der Waals surface area contributed by atoms with Crippen LogP contribution in [-0.4, -0.2) is 0 Å². The van der Waals surface area contributed by atoms with Crippen LogP contribution in [0.2, 0.25) is 0 Å². The Morgan fingerprint density at radius 2 is 1.72 bits per heavy atom. The number of rotatable bonds is 3. The first-order valence-corrected chi connectivity index (χ1v) is 6.33. The van der Waals surface area contributed by atoms with Gasteiger partial charge in [-0.2, -0.15) is 0 Å². The lowest BCUT2D eigenvalue weighted by Gasteiger charge is -2.11. The Morgan fingerprint density at radius 3 is 2.39 bits per heavy atom. The number of hydrogen-bond acceptors (Lipinski definition) is 2. The summed E-state index contributed by atoms with van der Waals surface area (Å²) in [5.74, 6) is 0. The summed E-state index contributed by atoms with van der Waals surface area (Å²) < 4.78 is 0. The molecule has 0 amide bonds. The van der Waals surface area contributed by atoms with Gasteiger partial charge in [0.1, 0.15) is 0 Å². The predicted octanol–water partition coefficient (Wildman–Crippen LogP) is 3.31. The van der Waals surface area contributed by atoms with Gasteiger partial charge >= 0.3 is 0 Å². The molecule has 2 aromatic carbocycles. The maximum atomic E-state index is 6.06. The third-order valence-electron chi connectivity index (χ3n) is 3.36. The topological polar surface area (TPSA) is 52.0 Å². The molecule has 0 aliphatic carbocycles. The minimum atomic E-state index is 0.852. The van der Waals surface area contributed by atoms with Gasteiger partial charge < -0.3 is 11.5 Å². The molecule has 94 valence electrons. The van der Waals surface area contributed by atoms with Gasteiger partial charge in [0, 0.05) is 11.4 Å². The molecule has 18 heavy (non-hydrogen) atoms. The second-order valence-corrected chi connectivity index (χ2v) is 4.71. The van der Waals surface area contributed by atoms with E-state index in [4.69, 9.17) is 11.5 Å². The minimum absolute atomic E-state index is 0.852. The first-order chi connectivity index (χ1) is 8.61. The molecule has 2 heteroatoms. The monoisotopic (exact) mass is 240 g/mol. The lowest BCUT2D eigenvalue weighted by molar-refractivity contribution is 1.10. The van der Waals surface area contributed by atoms with Crippen molar-refractivity contribution in [1.29, 1.82) is 0 Å². The molecule has 2 nitrogen and oxygen atoms in total. The van der Waals surface area contributed by atoms with E-state index in [1.807, 2.05) is 18.2 Å². The number of aryl methyl sites for hydroxylation is 2. The Kier molecular flexibility index (Phi) is 3.56. The van der Waals surface area contributed by atoms with Crippen molar-refractivity contribution in [1.82, 2.24) is 0 Å². The number of nitrogens with two attached hydrogens (primary N) is 2. The summed E-state index contributed by atoms with van der Waals surface area (Å²) in [4.78, 5) is 0. The van der Waals surface area contributed by atoms with Crippen LogP contribution in [0.1, 0.15) is 29.2 Å². The zero-order valence-electron chi connectivity index (χ0n) is 11.0. The fourth-order valence-corrected chi connectivity index (χ4v) is 2.26. The van der Waals surface area contributed by atoms with Gasteiger partial charge in [-0.15, -0.1) is 0 Å². The van der Waals surface area contributed by atoms with Gasteiger partial charge in [-0.25, -0.2) is 0 Å². The Balaban J connectivity index is 2.36. The van der Waals surface area contributed by atoms with Crippen LogP contribution in [-0.2, 0) is 12.8 Å². The van der Waals surface area contributed by atoms with Gasteiger partial charge in [0.25, 0.3) is 0 Å². The lowest BCUT2D eigenvalue weighted by atomic mass is 9.97. The Hall–Kier alpha value is -1.96. The van der Waals surface area contributed by atoms with Gasteiger partial charge in [0.2, 0.25) is 0 Å². The van der Waals surface area contributed by atoms with Crippen LogP contribution >= 0.6 is 0 Å². The van der Waals surface area contributed by atoms with E-state index in [2.05, 4.69) is 32.0 Å². The largest absolute Gasteiger partial charge is 0.398 e. The molecule has 0 aliphatic rings. The fraction of sp³-hybridized carbons (Fsp3) is 0.250. The molecular weight excluding hydrogens is 220 g/mol. The molecule has 0 fully saturated rings. The molecule has 0 aliphatic heterocycles. The van der Waals surface area contributed by atoms with Crippen LogP contribution in [0.3, 0.4) is 0 Å². The first-order valence-electron chi connectivity index (χ1n) is 6.33. The van der Waals surface area contributed by atoms with Crippen molar-refractivity contribution in [3.05, 3.63) is 58.7 Å². The SMILES string of the molecule is CCc1cc(Cc2ccccc2N)cc(C)c1N. The van der Waals surface area contributed by atoms with E-state index in [1.165, 1.54) is 16.7 Å². The average Bonchev–Trinajstić information content (AvgIpc) is 2.36. The molecule has 0 bridgehead atoms. The average molecular weight is 240 g/mol. The molecule has 4 N–H and O–H groups in total. The molecule has 0 saturated carbocycles. The van der Waals surface area contributed by atoms with Gasteiger partial charge in [0.05, 0.1) is 0 Å². The number of para-hydroxylation sites is 1. The van der Waals surface area contributed by atoms with Crippen LogP contribution < -0.4 is 11.5 Å². The van der Waals surface area contributed by atoms with E-state index in [1.54, 1.807) is 0 Å². The molecule has 2 rings (SSSR count). The van der Waals surface area contributed by atoms with Crippen molar-refractivity contribution in [3.8, 4) is 0 Å². The summed E-state index contributed by atoms with van der Waals surface area (Å²) >= 11 is 0. The fourth-order valence-electron chi connectivity index (χ4n) is 2.26. The van der Waals surface area contributed by atoms with Gasteiger partial charge in [-0.1, -0.05) is 37.3 Å². The second kappa shape index (κ2) is 5.13. The standard InChI is InChI=1S/C16H20N2/c1-3-13-9-12(8-11(2)16(13)18)10-14-6-4-5-7-15(14)17/h4-9H,3,10,17-18H2,1-2H3. The van der Waals surface area contributed by atoms with E-state index in [9.17, 15) is 0 Å². The van der Waals surface area contributed by atoms with Crippen molar-refractivity contribution in [2.75, 3.05) is 11.5 Å². The third kappa shape index (κ3) is 2.48. The Bertz CT molecular complexity index is 559. The molecule has 0 atom stereocenters. The highest BCUT2D eigenvalue weighted by atomic mass is 14.6. The normalized spacial score (nSPS) is 10.6. The Labute approximate surface area is 109 Å². The molecule has 2 aromatic rings. The smallest absolute Gasteiger partial charge is 0.0376 e. The van der Waals surface area contributed by atoms with E-state index in [0.29, 0.717) is 0 Å². The number of nitrogen functional groups attached to an aromatic ring is 2. The number of benzene rings is 2. The molecule has 0 unspecified atom stereocenters. The number of anilines is 2. The summed E-state index contributed by atoms with van der Waals surface area (Å²) in [7, 11) is 0. The first kappa shape index (κ1) is 12.5. The maximum Gasteiger partial charge on any atom is 0.0376 e. The quantitative estimate of drug-likeness (QED) is 0.809. The molecular formula is C16H20N2. The van der Waals surface area contributed by atoms with Crippen LogP contribution in [0, 0.1) is 6.92 Å². The summed E-state index contributed by atoms with van der Waals surface area (Å²) in [6.07, 6.45) is 1.82. The van der Waals surface area contributed by atoms with Crippen LogP contribution in [0.25, 0.3) is 0 Å². The van der Waals surface area contributed by atoms with E-state index in [-0.39, 0.29) is 0 Å². The van der Waals surface area contributed by atoms with Crippen LogP contribution in [0.15, 0.2) is 36.4 Å². The van der Waals surface area contributed by atoms with Gasteiger partial charge in [-0.3, -0.25) is 0 Å². The Morgan fingerprint density at radius 1 is 1.00 bits per heavy atom. The molecule has 0 heterocycles. The van der Waals surface area contributed by atoms with Crippen LogP contribution in [0.5, 0.6) is 0 Å². The van der Waals surface area contributed by atoms with E-state index < -0.39 is 0 Å². The van der Waals surface area contributed by atoms with Gasteiger partial charge in [0.15, 0.2) is 0 Å². The minimum Gasteiger partial charge on any atom is -0.398 e. The molecule has 0 aromatic heterocycles. The summed E-state index contributed by atoms with van der Waals surface area (Å²) in [6, 6.07) is 12.4. The molecule has 0 saturated heterocycles. The summed E-state index contributed by atoms with van der Waals surface area (Å²) in [6.45, 7) is 4.19. The van der Waals surface area contributed by atoms with Crippen molar-refractivity contribution in [3.63, 3.8) is 0 Å². The molecule has 0 radical (unpaired) electrons. The van der Waals surface area contributed by atoms with Crippen molar-refractivity contribution >= 4 is 11.4 Å². The van der Waals surface area contributed by atoms with Crippen LogP contribution in [0.4, 0.5) is 11.4 Å². The van der Waals surface area contributed by atoms with Crippen molar-refractivity contribution in [2.45, 2.75) is 26.7 Å². The molecule has 0 spiro atoms. The van der Waals surface area contributed by atoms with Crippen molar-refractivity contribution in [2.24, 2.45) is 0 Å². The van der Waals surface area contributed by atoms with Crippen molar-refractivity contribution < 1.29 is 0 Å². The van der Waals surface area contributed by atoms with E-state index >= 15 is 0 Å². The highest BCUT2D eigenvalue weighted by molar-refractivity contribution is 5.56. The zero-order valence-corrected chi connectivity index (χ0v) is 11.0. The summed E-state index contributed by atoms with van der Waals surface area (Å²) in [5, 5.41) is 0. The third-order valence-corrected chi connectivity index (χ3v) is 3.36. The predicted molar refractivity (Wildman–Crippen MR) is 78.6 cm³/mol. The van der Waals surface area contributed by atoms with E-state index in [0.717, 1.165) is 29.8 Å². The maximum absolute atomic E-state index is 6.06. The number of hydrogen-bond donors (Lipinski definition) is 2. The van der Waals surface area contributed by atoms with Gasteiger partial charge in [-0.05, 0) is 48.1 Å². The highest BCUT2D eigenvalue weighted by Crippen LogP contribution is 2.23. The summed E-state index contributed by atoms with van der Waals surface area (Å²) in [5.41, 5.74) is 18.6. The lowest BCUT2D eigenvalue weighted by Crippen LogP contribution is -2.00. The zero-order chi connectivity index (χ0) is 13.1. The highest BCUT2D eigenvalue weighted by Gasteiger charge is 2.06. The second-order valence-electron chi connectivity index (χ2n) is 4.71.